The van der Waals surface area contributed by atoms with E-state index in [9.17, 15) is 0 Å². The van der Waals surface area contributed by atoms with Crippen LogP contribution < -0.4 is 5.32 Å². The summed E-state index contributed by atoms with van der Waals surface area (Å²) in [6.45, 7) is 1.51. The summed E-state index contributed by atoms with van der Waals surface area (Å²) in [6, 6.07) is 5.55. The van der Waals surface area contributed by atoms with Crippen LogP contribution in [-0.2, 0) is 20.0 Å². The van der Waals surface area contributed by atoms with E-state index in [1.54, 1.807) is 6.20 Å². The first kappa shape index (κ1) is 13.4. The average molecular weight is 284 g/mol. The van der Waals surface area contributed by atoms with E-state index in [0.29, 0.717) is 16.6 Å². The zero-order chi connectivity index (χ0) is 13.0. The quantitative estimate of drug-likeness (QED) is 0.855. The van der Waals surface area contributed by atoms with Crippen LogP contribution in [0.15, 0.2) is 30.6 Å². The monoisotopic (exact) mass is 283 g/mol. The molecule has 96 valence electrons. The second-order valence-electron chi connectivity index (χ2n) is 4.08. The average Bonchev–Trinajstić information content (AvgIpc) is 2.73. The van der Waals surface area contributed by atoms with Crippen LogP contribution in [-0.4, -0.2) is 16.1 Å². The summed E-state index contributed by atoms with van der Waals surface area (Å²) in [5, 5.41) is 4.73. The Morgan fingerprint density at radius 1 is 1.28 bits per heavy atom. The fraction of sp³-hybridized carbons (Fsp3) is 0.308. The van der Waals surface area contributed by atoms with Gasteiger partial charge in [-0.3, -0.25) is 0 Å². The Bertz CT molecular complexity index is 502. The molecule has 2 rings (SSSR count). The minimum Gasteiger partial charge on any atom is -0.338 e. The van der Waals surface area contributed by atoms with Crippen LogP contribution in [0.25, 0.3) is 0 Å². The molecule has 0 aliphatic carbocycles. The van der Waals surface area contributed by atoms with Crippen molar-refractivity contribution in [2.45, 2.75) is 13.0 Å². The summed E-state index contributed by atoms with van der Waals surface area (Å²) >= 11 is 12.2. The molecule has 2 aromatic rings. The molecule has 0 radical (unpaired) electrons. The van der Waals surface area contributed by atoms with Gasteiger partial charge in [0.15, 0.2) is 0 Å². The normalized spacial score (nSPS) is 10.8. The van der Waals surface area contributed by atoms with Gasteiger partial charge in [-0.1, -0.05) is 29.3 Å². The fourth-order valence-corrected chi connectivity index (χ4v) is 2.28. The number of hydrogen-bond donors (Lipinski definition) is 1. The Kier molecular flexibility index (Phi) is 4.64. The van der Waals surface area contributed by atoms with E-state index in [-0.39, 0.29) is 0 Å². The first-order chi connectivity index (χ1) is 8.68. The van der Waals surface area contributed by atoms with Crippen molar-refractivity contribution in [1.82, 2.24) is 14.9 Å². The highest BCUT2D eigenvalue weighted by Crippen LogP contribution is 2.23. The second-order valence-corrected chi connectivity index (χ2v) is 4.90. The zero-order valence-electron chi connectivity index (χ0n) is 10.2. The fourth-order valence-electron chi connectivity index (χ4n) is 1.75. The molecule has 3 nitrogen and oxygen atoms in total. The second kappa shape index (κ2) is 6.23. The standard InChI is InChI=1S/C13H15Cl2N3/c1-18-8-7-17-13(18)5-6-16-9-10-11(14)3-2-4-12(10)15/h2-4,7-8,16H,5-6,9H2,1H3. The van der Waals surface area contributed by atoms with Gasteiger partial charge in [0.05, 0.1) is 0 Å². The van der Waals surface area contributed by atoms with Crippen LogP contribution in [0.2, 0.25) is 10.0 Å². The topological polar surface area (TPSA) is 29.9 Å². The van der Waals surface area contributed by atoms with Crippen LogP contribution in [0, 0.1) is 0 Å². The smallest absolute Gasteiger partial charge is 0.109 e. The predicted molar refractivity (Wildman–Crippen MR) is 75.1 cm³/mol. The molecule has 0 aliphatic heterocycles. The lowest BCUT2D eigenvalue weighted by Crippen LogP contribution is -2.18. The Morgan fingerprint density at radius 3 is 2.61 bits per heavy atom. The van der Waals surface area contributed by atoms with Crippen LogP contribution in [0.1, 0.15) is 11.4 Å². The molecule has 1 aromatic carbocycles. The van der Waals surface area contributed by atoms with E-state index in [2.05, 4.69) is 10.3 Å². The third-order valence-electron chi connectivity index (χ3n) is 2.81. The molecule has 0 bridgehead atoms. The molecular weight excluding hydrogens is 269 g/mol. The van der Waals surface area contributed by atoms with Crippen molar-refractivity contribution in [3.05, 3.63) is 52.0 Å². The molecule has 0 fully saturated rings. The Hall–Kier alpha value is -1.03. The maximum atomic E-state index is 6.09. The van der Waals surface area contributed by atoms with Crippen molar-refractivity contribution >= 4 is 23.2 Å². The Balaban J connectivity index is 1.84. The van der Waals surface area contributed by atoms with Crippen LogP contribution >= 0.6 is 23.2 Å². The van der Waals surface area contributed by atoms with Gasteiger partial charge in [-0.15, -0.1) is 0 Å². The lowest BCUT2D eigenvalue weighted by Gasteiger charge is -2.08. The van der Waals surface area contributed by atoms with E-state index < -0.39 is 0 Å². The van der Waals surface area contributed by atoms with Gasteiger partial charge >= 0.3 is 0 Å². The zero-order valence-corrected chi connectivity index (χ0v) is 11.7. The number of aromatic nitrogens is 2. The van der Waals surface area contributed by atoms with Gasteiger partial charge < -0.3 is 9.88 Å². The van der Waals surface area contributed by atoms with Crippen molar-refractivity contribution in [3.63, 3.8) is 0 Å². The number of nitrogens with one attached hydrogen (secondary N) is 1. The third-order valence-corrected chi connectivity index (χ3v) is 3.52. The molecule has 0 spiro atoms. The summed E-state index contributed by atoms with van der Waals surface area (Å²) in [5.74, 6) is 1.06. The van der Waals surface area contributed by atoms with E-state index in [0.717, 1.165) is 24.4 Å². The number of benzene rings is 1. The van der Waals surface area contributed by atoms with Crippen molar-refractivity contribution in [2.24, 2.45) is 7.05 Å². The molecular formula is C13H15Cl2N3. The van der Waals surface area contributed by atoms with E-state index in [1.807, 2.05) is 36.0 Å². The SMILES string of the molecule is Cn1ccnc1CCNCc1c(Cl)cccc1Cl. The van der Waals surface area contributed by atoms with Crippen molar-refractivity contribution in [3.8, 4) is 0 Å². The number of nitrogens with zero attached hydrogens (tertiary/aromatic N) is 2. The van der Waals surface area contributed by atoms with Gasteiger partial charge in [0.2, 0.25) is 0 Å². The minimum absolute atomic E-state index is 0.670. The predicted octanol–water partition coefficient (Wildman–Crippen LogP) is 3.06. The van der Waals surface area contributed by atoms with Gasteiger partial charge in [0.25, 0.3) is 0 Å². The Morgan fingerprint density at radius 2 is 2.00 bits per heavy atom. The summed E-state index contributed by atoms with van der Waals surface area (Å²) in [7, 11) is 1.99. The summed E-state index contributed by atoms with van der Waals surface area (Å²) < 4.78 is 2.02. The molecule has 1 N–H and O–H groups in total. The van der Waals surface area contributed by atoms with Crippen LogP contribution in [0.3, 0.4) is 0 Å². The lowest BCUT2D eigenvalue weighted by atomic mass is 10.2. The van der Waals surface area contributed by atoms with Gasteiger partial charge in [0.1, 0.15) is 5.82 Å². The third kappa shape index (κ3) is 3.25. The largest absolute Gasteiger partial charge is 0.338 e. The molecule has 0 atom stereocenters. The number of aryl methyl sites for hydroxylation is 1. The maximum Gasteiger partial charge on any atom is 0.109 e. The Labute approximate surface area is 117 Å². The minimum atomic E-state index is 0.670. The highest BCUT2D eigenvalue weighted by atomic mass is 35.5. The van der Waals surface area contributed by atoms with Crippen molar-refractivity contribution in [1.29, 1.82) is 0 Å². The van der Waals surface area contributed by atoms with Crippen LogP contribution in [0.4, 0.5) is 0 Å². The first-order valence-electron chi connectivity index (χ1n) is 5.78. The molecule has 0 aliphatic rings. The highest BCUT2D eigenvalue weighted by Gasteiger charge is 2.05. The molecule has 1 heterocycles. The summed E-state index contributed by atoms with van der Waals surface area (Å²) in [6.07, 6.45) is 4.63. The van der Waals surface area contributed by atoms with E-state index in [1.165, 1.54) is 0 Å². The number of hydrogen-bond acceptors (Lipinski definition) is 2. The summed E-state index contributed by atoms with van der Waals surface area (Å²) in [5.41, 5.74) is 0.945. The van der Waals surface area contributed by atoms with E-state index >= 15 is 0 Å². The van der Waals surface area contributed by atoms with Gasteiger partial charge in [-0.25, -0.2) is 4.98 Å². The maximum absolute atomic E-state index is 6.09. The molecule has 0 saturated heterocycles. The number of halogens is 2. The lowest BCUT2D eigenvalue weighted by molar-refractivity contribution is 0.655. The molecule has 1 aromatic heterocycles. The number of imidazole rings is 1. The number of rotatable bonds is 5. The molecule has 0 saturated carbocycles. The van der Waals surface area contributed by atoms with Gasteiger partial charge in [0, 0.05) is 54.6 Å². The summed E-state index contributed by atoms with van der Waals surface area (Å²) in [4.78, 5) is 4.27. The molecule has 0 amide bonds. The van der Waals surface area contributed by atoms with Crippen molar-refractivity contribution in [2.75, 3.05) is 6.54 Å². The molecule has 18 heavy (non-hydrogen) atoms. The van der Waals surface area contributed by atoms with Crippen molar-refractivity contribution < 1.29 is 0 Å². The van der Waals surface area contributed by atoms with Gasteiger partial charge in [-0.2, -0.15) is 0 Å². The molecule has 0 unspecified atom stereocenters. The first-order valence-corrected chi connectivity index (χ1v) is 6.54. The van der Waals surface area contributed by atoms with E-state index in [4.69, 9.17) is 23.2 Å². The van der Waals surface area contributed by atoms with Gasteiger partial charge in [-0.05, 0) is 12.1 Å². The molecule has 5 heteroatoms. The van der Waals surface area contributed by atoms with Crippen LogP contribution in [0.5, 0.6) is 0 Å². The highest BCUT2D eigenvalue weighted by molar-refractivity contribution is 6.35.